The number of aryl methyl sites for hydroxylation is 2. The van der Waals surface area contributed by atoms with Crippen LogP contribution >= 0.6 is 23.8 Å². The van der Waals surface area contributed by atoms with Crippen LogP contribution in [0.2, 0.25) is 5.02 Å². The van der Waals surface area contributed by atoms with Crippen LogP contribution in [0.15, 0.2) is 79.3 Å². The standard InChI is InChI=1S/C25H22ClN5S/c1-16-8-10-19(14-17(16)2)31-24(23(29-25(31)32)20-6-3-4-12-27-20)21-7-5-13-30(21)22-11-9-18(26)15-28-22/h3-15,23-24H,1-2H3,(H,29,32)/t23-,24+/m0/s1. The minimum absolute atomic E-state index is 0.119. The summed E-state index contributed by atoms with van der Waals surface area (Å²) in [5.41, 5.74) is 5.51. The van der Waals surface area contributed by atoms with E-state index >= 15 is 0 Å². The molecule has 0 saturated carbocycles. The van der Waals surface area contributed by atoms with E-state index in [1.165, 1.54) is 11.1 Å². The molecule has 1 fully saturated rings. The van der Waals surface area contributed by atoms with Gasteiger partial charge in [0.15, 0.2) is 5.11 Å². The Morgan fingerprint density at radius 2 is 1.84 bits per heavy atom. The predicted octanol–water partition coefficient (Wildman–Crippen LogP) is 5.71. The Labute approximate surface area is 197 Å². The molecule has 1 N–H and O–H groups in total. The summed E-state index contributed by atoms with van der Waals surface area (Å²) in [5.74, 6) is 0.798. The molecule has 1 aromatic carbocycles. The summed E-state index contributed by atoms with van der Waals surface area (Å²) in [5, 5.41) is 4.80. The first-order valence-electron chi connectivity index (χ1n) is 10.4. The van der Waals surface area contributed by atoms with Gasteiger partial charge >= 0.3 is 0 Å². The van der Waals surface area contributed by atoms with Crippen molar-refractivity contribution in [3.05, 3.63) is 107 Å². The first-order valence-corrected chi connectivity index (χ1v) is 11.2. The fourth-order valence-corrected chi connectivity index (χ4v) is 4.62. The maximum Gasteiger partial charge on any atom is 0.174 e. The molecular weight excluding hydrogens is 438 g/mol. The van der Waals surface area contributed by atoms with Crippen LogP contribution in [0.5, 0.6) is 0 Å². The summed E-state index contributed by atoms with van der Waals surface area (Å²) in [7, 11) is 0. The van der Waals surface area contributed by atoms with Gasteiger partial charge in [0.2, 0.25) is 0 Å². The van der Waals surface area contributed by atoms with E-state index in [4.69, 9.17) is 23.8 Å². The normalized spacial score (nSPS) is 18.1. The van der Waals surface area contributed by atoms with E-state index in [9.17, 15) is 0 Å². The molecule has 0 aliphatic carbocycles. The van der Waals surface area contributed by atoms with E-state index in [-0.39, 0.29) is 12.1 Å². The van der Waals surface area contributed by atoms with Gasteiger partial charge in [-0.25, -0.2) is 4.98 Å². The molecule has 0 spiro atoms. The van der Waals surface area contributed by atoms with Crippen LogP contribution in [0, 0.1) is 13.8 Å². The van der Waals surface area contributed by atoms with Crippen LogP contribution in [0.25, 0.3) is 5.82 Å². The summed E-state index contributed by atoms with van der Waals surface area (Å²) in [6.07, 6.45) is 5.49. The number of benzene rings is 1. The van der Waals surface area contributed by atoms with Gasteiger partial charge in [-0.05, 0) is 85.7 Å². The Hall–Kier alpha value is -3.22. The predicted molar refractivity (Wildman–Crippen MR) is 132 cm³/mol. The van der Waals surface area contributed by atoms with Crippen molar-refractivity contribution in [3.63, 3.8) is 0 Å². The third-order valence-electron chi connectivity index (χ3n) is 5.91. The Morgan fingerprint density at radius 1 is 0.969 bits per heavy atom. The number of anilines is 1. The number of hydrogen-bond donors (Lipinski definition) is 1. The van der Waals surface area contributed by atoms with Crippen LogP contribution < -0.4 is 10.2 Å². The Morgan fingerprint density at radius 3 is 2.56 bits per heavy atom. The molecule has 32 heavy (non-hydrogen) atoms. The van der Waals surface area contributed by atoms with Crippen LogP contribution in [0.1, 0.15) is 34.6 Å². The maximum atomic E-state index is 6.08. The zero-order chi connectivity index (χ0) is 22.2. The summed E-state index contributed by atoms with van der Waals surface area (Å²) < 4.78 is 2.08. The van der Waals surface area contributed by atoms with Crippen molar-refractivity contribution in [1.29, 1.82) is 0 Å². The van der Waals surface area contributed by atoms with E-state index in [0.717, 1.165) is 22.9 Å². The lowest BCUT2D eigenvalue weighted by molar-refractivity contribution is 0.548. The van der Waals surface area contributed by atoms with Crippen molar-refractivity contribution in [2.45, 2.75) is 25.9 Å². The van der Waals surface area contributed by atoms with E-state index in [1.807, 2.05) is 48.8 Å². The van der Waals surface area contributed by atoms with Crippen LogP contribution in [0.4, 0.5) is 5.69 Å². The van der Waals surface area contributed by atoms with Gasteiger partial charge in [-0.2, -0.15) is 0 Å². The summed E-state index contributed by atoms with van der Waals surface area (Å²) in [4.78, 5) is 11.4. The highest BCUT2D eigenvalue weighted by molar-refractivity contribution is 7.80. The number of pyridine rings is 2. The molecule has 160 valence electrons. The van der Waals surface area contributed by atoms with Crippen molar-refractivity contribution in [3.8, 4) is 5.82 Å². The molecule has 7 heteroatoms. The molecule has 5 rings (SSSR count). The molecule has 0 radical (unpaired) electrons. The third-order valence-corrected chi connectivity index (χ3v) is 6.45. The van der Waals surface area contributed by atoms with E-state index < -0.39 is 0 Å². The van der Waals surface area contributed by atoms with Gasteiger partial charge in [-0.3, -0.25) is 4.98 Å². The first-order chi connectivity index (χ1) is 15.5. The minimum Gasteiger partial charge on any atom is -0.351 e. The van der Waals surface area contributed by atoms with Gasteiger partial charge in [0.25, 0.3) is 0 Å². The number of rotatable bonds is 4. The average molecular weight is 460 g/mol. The Balaban J connectivity index is 1.67. The Bertz CT molecular complexity index is 1270. The number of aromatic nitrogens is 3. The summed E-state index contributed by atoms with van der Waals surface area (Å²) in [6, 6.07) is 20.1. The average Bonchev–Trinajstić information content (AvgIpc) is 3.41. The third kappa shape index (κ3) is 3.66. The number of nitrogens with one attached hydrogen (secondary N) is 1. The number of hydrogen-bond acceptors (Lipinski definition) is 3. The van der Waals surface area contributed by atoms with Gasteiger partial charge < -0.3 is 14.8 Å². The van der Waals surface area contributed by atoms with E-state index in [0.29, 0.717) is 10.1 Å². The maximum absolute atomic E-state index is 6.08. The number of nitrogens with zero attached hydrogens (tertiary/aromatic N) is 4. The number of halogens is 1. The molecule has 3 aromatic heterocycles. The molecule has 0 amide bonds. The minimum atomic E-state index is -0.119. The fraction of sp³-hybridized carbons (Fsp3) is 0.160. The zero-order valence-electron chi connectivity index (χ0n) is 17.7. The number of thiocarbonyl (C=S) groups is 1. The van der Waals surface area contributed by atoms with Crippen molar-refractivity contribution in [1.82, 2.24) is 19.9 Å². The fourth-order valence-electron chi connectivity index (χ4n) is 4.16. The molecule has 0 bridgehead atoms. The highest BCUT2D eigenvalue weighted by atomic mass is 35.5. The van der Waals surface area contributed by atoms with Gasteiger partial charge in [0.05, 0.1) is 16.8 Å². The lowest BCUT2D eigenvalue weighted by Gasteiger charge is -2.29. The van der Waals surface area contributed by atoms with Gasteiger partial charge in [-0.15, -0.1) is 0 Å². The molecule has 5 nitrogen and oxygen atoms in total. The zero-order valence-corrected chi connectivity index (χ0v) is 19.3. The molecule has 1 saturated heterocycles. The van der Waals surface area contributed by atoms with Crippen molar-refractivity contribution in [2.24, 2.45) is 0 Å². The topological polar surface area (TPSA) is 46.0 Å². The highest BCUT2D eigenvalue weighted by Gasteiger charge is 2.42. The second-order valence-electron chi connectivity index (χ2n) is 7.90. The molecule has 4 heterocycles. The first kappa shape index (κ1) is 20.7. The van der Waals surface area contributed by atoms with Crippen LogP contribution in [-0.2, 0) is 0 Å². The molecular formula is C25H22ClN5S. The van der Waals surface area contributed by atoms with Crippen LogP contribution in [-0.4, -0.2) is 19.6 Å². The van der Waals surface area contributed by atoms with Crippen molar-refractivity contribution in [2.75, 3.05) is 4.90 Å². The Kier molecular flexibility index (Phi) is 5.41. The van der Waals surface area contributed by atoms with Crippen molar-refractivity contribution >= 4 is 34.6 Å². The lowest BCUT2D eigenvalue weighted by atomic mass is 10.00. The quantitative estimate of drug-likeness (QED) is 0.396. The second-order valence-corrected chi connectivity index (χ2v) is 8.73. The lowest BCUT2D eigenvalue weighted by Crippen LogP contribution is -2.30. The second kappa shape index (κ2) is 8.37. The molecule has 1 aliphatic heterocycles. The summed E-state index contributed by atoms with van der Waals surface area (Å²) in [6.45, 7) is 4.24. The molecule has 2 atom stereocenters. The molecule has 4 aromatic rings. The van der Waals surface area contributed by atoms with Crippen LogP contribution in [0.3, 0.4) is 0 Å². The highest BCUT2D eigenvalue weighted by Crippen LogP contribution is 2.42. The monoisotopic (exact) mass is 459 g/mol. The van der Waals surface area contributed by atoms with Gasteiger partial charge in [-0.1, -0.05) is 23.7 Å². The van der Waals surface area contributed by atoms with E-state index in [2.05, 4.69) is 62.9 Å². The van der Waals surface area contributed by atoms with E-state index in [1.54, 1.807) is 6.20 Å². The van der Waals surface area contributed by atoms with Crippen molar-refractivity contribution < 1.29 is 0 Å². The van der Waals surface area contributed by atoms with Gasteiger partial charge in [0, 0.05) is 30.0 Å². The smallest absolute Gasteiger partial charge is 0.174 e. The molecule has 0 unspecified atom stereocenters. The summed E-state index contributed by atoms with van der Waals surface area (Å²) >= 11 is 11.9. The molecule has 1 aliphatic rings. The van der Waals surface area contributed by atoms with Gasteiger partial charge in [0.1, 0.15) is 11.9 Å². The SMILES string of the molecule is Cc1ccc(N2C(=S)N[C@@H](c3ccccn3)[C@H]2c2cccn2-c2ccc(Cl)cn2)cc1C. The largest absolute Gasteiger partial charge is 0.351 e.